The maximum absolute atomic E-state index is 9.39. The van der Waals surface area contributed by atoms with Crippen LogP contribution in [0.5, 0.6) is 0 Å². The Hall–Kier alpha value is -0.120. The Bertz CT molecular complexity index is 157. The van der Waals surface area contributed by atoms with Crippen molar-refractivity contribution in [2.24, 2.45) is 0 Å². The predicted molar refractivity (Wildman–Crippen MR) is 52.8 cm³/mol. The molecule has 3 heteroatoms. The zero-order valence-corrected chi connectivity index (χ0v) is 8.89. The Labute approximate surface area is 80.5 Å². The highest BCUT2D eigenvalue weighted by Crippen LogP contribution is 2.22. The van der Waals surface area contributed by atoms with E-state index >= 15 is 0 Å². The van der Waals surface area contributed by atoms with Gasteiger partial charge >= 0.3 is 0 Å². The molecule has 1 heterocycles. The molecule has 1 rings (SSSR count). The van der Waals surface area contributed by atoms with Gasteiger partial charge in [-0.3, -0.25) is 0 Å². The summed E-state index contributed by atoms with van der Waals surface area (Å²) in [6.07, 6.45) is 1.81. The van der Waals surface area contributed by atoms with E-state index < -0.39 is 0 Å². The van der Waals surface area contributed by atoms with Crippen molar-refractivity contribution in [1.82, 2.24) is 5.32 Å². The zero-order chi connectivity index (χ0) is 9.95. The van der Waals surface area contributed by atoms with Crippen LogP contribution in [0.4, 0.5) is 0 Å². The van der Waals surface area contributed by atoms with Crippen LogP contribution in [0.15, 0.2) is 0 Å². The molecule has 1 aliphatic rings. The Balaban J connectivity index is 2.57. The summed E-state index contributed by atoms with van der Waals surface area (Å²) in [4.78, 5) is 0. The first kappa shape index (κ1) is 11.0. The monoisotopic (exact) mass is 187 g/mol. The van der Waals surface area contributed by atoms with E-state index in [1.807, 2.05) is 0 Å². The Kier molecular flexibility index (Phi) is 3.33. The molecule has 0 radical (unpaired) electrons. The summed E-state index contributed by atoms with van der Waals surface area (Å²) in [5, 5.41) is 12.9. The van der Waals surface area contributed by atoms with Gasteiger partial charge in [-0.15, -0.1) is 0 Å². The summed E-state index contributed by atoms with van der Waals surface area (Å²) >= 11 is 0. The fourth-order valence-corrected chi connectivity index (χ4v) is 1.88. The van der Waals surface area contributed by atoms with E-state index in [0.29, 0.717) is 0 Å². The molecule has 78 valence electrons. The first-order chi connectivity index (χ1) is 5.97. The van der Waals surface area contributed by atoms with Gasteiger partial charge < -0.3 is 15.2 Å². The summed E-state index contributed by atoms with van der Waals surface area (Å²) in [5.41, 5.74) is -0.0590. The minimum Gasteiger partial charge on any atom is -0.394 e. The number of hydrogen-bond donors (Lipinski definition) is 2. The minimum atomic E-state index is -0.115. The molecule has 1 aliphatic heterocycles. The molecule has 0 spiro atoms. The standard InChI is InChI=1S/C10H21NO2/c1-9(2,3)11-10(8-12)4-6-13-7-5-10/h11-12H,4-8H2,1-3H3. The topological polar surface area (TPSA) is 41.5 Å². The van der Waals surface area contributed by atoms with Crippen LogP contribution in [0.25, 0.3) is 0 Å². The van der Waals surface area contributed by atoms with Crippen molar-refractivity contribution in [3.8, 4) is 0 Å². The van der Waals surface area contributed by atoms with E-state index in [1.165, 1.54) is 0 Å². The predicted octanol–water partition coefficient (Wildman–Crippen LogP) is 0.916. The van der Waals surface area contributed by atoms with Gasteiger partial charge in [-0.05, 0) is 33.6 Å². The highest BCUT2D eigenvalue weighted by molar-refractivity contribution is 4.94. The average molecular weight is 187 g/mol. The first-order valence-electron chi connectivity index (χ1n) is 4.95. The van der Waals surface area contributed by atoms with Crippen LogP contribution in [0.1, 0.15) is 33.6 Å². The smallest absolute Gasteiger partial charge is 0.0615 e. The molecule has 0 saturated carbocycles. The molecule has 1 saturated heterocycles. The highest BCUT2D eigenvalue weighted by atomic mass is 16.5. The summed E-state index contributed by atoms with van der Waals surface area (Å²) in [5.74, 6) is 0. The number of aliphatic hydroxyl groups is 1. The molecule has 0 aromatic heterocycles. The van der Waals surface area contributed by atoms with Gasteiger partial charge in [0, 0.05) is 24.3 Å². The van der Waals surface area contributed by atoms with Crippen molar-refractivity contribution in [2.75, 3.05) is 19.8 Å². The summed E-state index contributed by atoms with van der Waals surface area (Å²) in [7, 11) is 0. The van der Waals surface area contributed by atoms with E-state index in [4.69, 9.17) is 4.74 Å². The number of hydrogen-bond acceptors (Lipinski definition) is 3. The van der Waals surface area contributed by atoms with Gasteiger partial charge in [0.05, 0.1) is 6.61 Å². The molecule has 3 nitrogen and oxygen atoms in total. The second kappa shape index (κ2) is 3.95. The van der Waals surface area contributed by atoms with Crippen LogP contribution in [-0.4, -0.2) is 36.0 Å². The van der Waals surface area contributed by atoms with Crippen molar-refractivity contribution in [3.05, 3.63) is 0 Å². The highest BCUT2D eigenvalue weighted by Gasteiger charge is 2.34. The molecule has 0 aliphatic carbocycles. The van der Waals surface area contributed by atoms with Gasteiger partial charge in [0.15, 0.2) is 0 Å². The maximum atomic E-state index is 9.39. The molecule has 1 fully saturated rings. The normalized spacial score (nSPS) is 23.1. The van der Waals surface area contributed by atoms with Gasteiger partial charge in [0.2, 0.25) is 0 Å². The van der Waals surface area contributed by atoms with Crippen LogP contribution in [0.3, 0.4) is 0 Å². The van der Waals surface area contributed by atoms with E-state index in [1.54, 1.807) is 0 Å². The van der Waals surface area contributed by atoms with Gasteiger partial charge in [0.25, 0.3) is 0 Å². The molecule has 13 heavy (non-hydrogen) atoms. The molecule has 2 N–H and O–H groups in total. The fourth-order valence-electron chi connectivity index (χ4n) is 1.88. The van der Waals surface area contributed by atoms with Crippen LogP contribution < -0.4 is 5.32 Å². The second-order valence-corrected chi connectivity index (χ2v) is 4.93. The van der Waals surface area contributed by atoms with Crippen molar-refractivity contribution in [3.63, 3.8) is 0 Å². The summed E-state index contributed by atoms with van der Waals surface area (Å²) in [6, 6.07) is 0. The molecule has 0 aromatic rings. The van der Waals surface area contributed by atoms with Crippen LogP contribution in [0, 0.1) is 0 Å². The quantitative estimate of drug-likeness (QED) is 0.675. The molecule has 0 amide bonds. The lowest BCUT2D eigenvalue weighted by molar-refractivity contribution is 0.000957. The Morgan fingerprint density at radius 1 is 1.31 bits per heavy atom. The SMILES string of the molecule is CC(C)(C)NC1(CO)CCOCC1. The van der Waals surface area contributed by atoms with Crippen LogP contribution >= 0.6 is 0 Å². The Morgan fingerprint density at radius 3 is 2.23 bits per heavy atom. The lowest BCUT2D eigenvalue weighted by Crippen LogP contribution is -2.58. The Morgan fingerprint density at radius 2 is 1.85 bits per heavy atom. The number of nitrogens with one attached hydrogen (secondary N) is 1. The lowest BCUT2D eigenvalue weighted by Gasteiger charge is -2.41. The lowest BCUT2D eigenvalue weighted by atomic mass is 9.88. The van der Waals surface area contributed by atoms with Crippen molar-refractivity contribution in [2.45, 2.75) is 44.7 Å². The number of ether oxygens (including phenoxy) is 1. The average Bonchev–Trinajstić information content (AvgIpc) is 2.03. The third-order valence-electron chi connectivity index (χ3n) is 2.39. The van der Waals surface area contributed by atoms with Gasteiger partial charge in [-0.1, -0.05) is 0 Å². The third kappa shape index (κ3) is 3.25. The minimum absolute atomic E-state index is 0.0556. The van der Waals surface area contributed by atoms with E-state index in [9.17, 15) is 5.11 Å². The van der Waals surface area contributed by atoms with Crippen molar-refractivity contribution in [1.29, 1.82) is 0 Å². The largest absolute Gasteiger partial charge is 0.394 e. The molecule has 0 aromatic carbocycles. The van der Waals surface area contributed by atoms with Gasteiger partial charge in [-0.25, -0.2) is 0 Å². The zero-order valence-electron chi connectivity index (χ0n) is 8.89. The molecular weight excluding hydrogens is 166 g/mol. The molecule has 0 bridgehead atoms. The third-order valence-corrected chi connectivity index (χ3v) is 2.39. The molecular formula is C10H21NO2. The van der Waals surface area contributed by atoms with Crippen molar-refractivity contribution >= 4 is 0 Å². The van der Waals surface area contributed by atoms with Crippen molar-refractivity contribution < 1.29 is 9.84 Å². The van der Waals surface area contributed by atoms with Gasteiger partial charge in [0.1, 0.15) is 0 Å². The van der Waals surface area contributed by atoms with E-state index in [2.05, 4.69) is 26.1 Å². The first-order valence-corrected chi connectivity index (χ1v) is 4.95. The van der Waals surface area contributed by atoms with Gasteiger partial charge in [-0.2, -0.15) is 0 Å². The maximum Gasteiger partial charge on any atom is 0.0615 e. The molecule has 0 unspecified atom stereocenters. The number of rotatable bonds is 2. The van der Waals surface area contributed by atoms with E-state index in [0.717, 1.165) is 26.1 Å². The second-order valence-electron chi connectivity index (χ2n) is 4.93. The summed E-state index contributed by atoms with van der Waals surface area (Å²) < 4.78 is 5.29. The van der Waals surface area contributed by atoms with Crippen LogP contribution in [0.2, 0.25) is 0 Å². The fraction of sp³-hybridized carbons (Fsp3) is 1.00. The summed E-state index contributed by atoms with van der Waals surface area (Å²) in [6.45, 7) is 8.08. The molecule has 0 atom stereocenters. The van der Waals surface area contributed by atoms with E-state index in [-0.39, 0.29) is 17.7 Å². The number of aliphatic hydroxyl groups excluding tert-OH is 1. The van der Waals surface area contributed by atoms with Crippen LogP contribution in [-0.2, 0) is 4.74 Å².